The van der Waals surface area contributed by atoms with E-state index < -0.39 is 0 Å². The second-order valence-electron chi connectivity index (χ2n) is 9.41. The SMILES string of the molecule is CC(=O)c1c(C)c2cnc(Nc3ccc(N4CCNC5(CC5)C4)cn3)nc2n(C(C)C)c1=O. The molecular weight excluding hydrogens is 418 g/mol. The molecule has 0 amide bonds. The number of nitrogens with zero attached hydrogens (tertiary/aromatic N) is 5. The van der Waals surface area contributed by atoms with Crippen molar-refractivity contribution in [3.05, 3.63) is 46.0 Å². The van der Waals surface area contributed by atoms with Crippen LogP contribution in [0.4, 0.5) is 17.5 Å². The minimum Gasteiger partial charge on any atom is -0.367 e. The highest BCUT2D eigenvalue weighted by Gasteiger charge is 2.45. The first-order valence-corrected chi connectivity index (χ1v) is 11.4. The molecule has 172 valence electrons. The van der Waals surface area contributed by atoms with Gasteiger partial charge in [0.15, 0.2) is 5.78 Å². The van der Waals surface area contributed by atoms with Gasteiger partial charge in [-0.15, -0.1) is 0 Å². The van der Waals surface area contributed by atoms with Crippen molar-refractivity contribution in [1.82, 2.24) is 24.8 Å². The van der Waals surface area contributed by atoms with Crippen molar-refractivity contribution in [2.75, 3.05) is 29.9 Å². The molecule has 33 heavy (non-hydrogen) atoms. The van der Waals surface area contributed by atoms with Crippen LogP contribution in [0.15, 0.2) is 29.3 Å². The molecule has 4 heterocycles. The summed E-state index contributed by atoms with van der Waals surface area (Å²) < 4.78 is 1.56. The second kappa shape index (κ2) is 7.91. The van der Waals surface area contributed by atoms with Gasteiger partial charge in [0.25, 0.3) is 5.56 Å². The average Bonchev–Trinajstić information content (AvgIpc) is 3.51. The zero-order chi connectivity index (χ0) is 23.3. The molecule has 0 radical (unpaired) electrons. The van der Waals surface area contributed by atoms with Crippen molar-refractivity contribution in [2.45, 2.75) is 52.1 Å². The molecule has 1 spiro atoms. The molecule has 2 N–H and O–H groups in total. The van der Waals surface area contributed by atoms with Crippen LogP contribution in [0.2, 0.25) is 0 Å². The van der Waals surface area contributed by atoms with Crippen molar-refractivity contribution in [2.24, 2.45) is 0 Å². The van der Waals surface area contributed by atoms with E-state index in [1.807, 2.05) is 26.1 Å². The molecule has 3 aromatic rings. The maximum Gasteiger partial charge on any atom is 0.263 e. The number of carbonyl (C=O) groups is 1. The van der Waals surface area contributed by atoms with E-state index in [1.54, 1.807) is 17.7 Å². The molecule has 0 unspecified atom stereocenters. The lowest BCUT2D eigenvalue weighted by molar-refractivity contribution is 0.101. The molecule has 9 nitrogen and oxygen atoms in total. The van der Waals surface area contributed by atoms with E-state index in [-0.39, 0.29) is 22.9 Å². The number of rotatable bonds is 5. The average molecular weight is 448 g/mol. The molecule has 1 aliphatic carbocycles. The highest BCUT2D eigenvalue weighted by molar-refractivity contribution is 5.99. The Morgan fingerprint density at radius 1 is 1.21 bits per heavy atom. The fourth-order valence-electron chi connectivity index (χ4n) is 4.71. The van der Waals surface area contributed by atoms with Crippen LogP contribution in [0.3, 0.4) is 0 Å². The number of Topliss-reactive ketones (excluding diaryl/α,β-unsaturated/α-hetero) is 1. The molecule has 0 atom stereocenters. The highest BCUT2D eigenvalue weighted by atomic mass is 16.1. The second-order valence-corrected chi connectivity index (χ2v) is 9.41. The number of carbonyl (C=O) groups excluding carboxylic acids is 1. The zero-order valence-electron chi connectivity index (χ0n) is 19.5. The summed E-state index contributed by atoms with van der Waals surface area (Å²) in [6.45, 7) is 9.96. The first-order valence-electron chi connectivity index (χ1n) is 11.4. The Balaban J connectivity index is 1.44. The molecule has 1 saturated carbocycles. The monoisotopic (exact) mass is 447 g/mol. The molecule has 3 aromatic heterocycles. The normalized spacial score (nSPS) is 17.1. The summed E-state index contributed by atoms with van der Waals surface area (Å²) in [4.78, 5) is 41.1. The third kappa shape index (κ3) is 3.86. The van der Waals surface area contributed by atoms with Gasteiger partial charge in [-0.05, 0) is 58.2 Å². The predicted molar refractivity (Wildman–Crippen MR) is 129 cm³/mol. The van der Waals surface area contributed by atoms with E-state index in [2.05, 4.69) is 36.6 Å². The minimum atomic E-state index is -0.320. The van der Waals surface area contributed by atoms with E-state index in [4.69, 9.17) is 0 Å². The molecular formula is C24H29N7O2. The number of aryl methyl sites for hydroxylation is 1. The zero-order valence-corrected chi connectivity index (χ0v) is 19.5. The number of hydrogen-bond donors (Lipinski definition) is 2. The standard InChI is InChI=1S/C24H29N7O2/c1-14(2)31-21-18(15(3)20(16(4)32)22(31)33)12-26-23(29-21)28-19-6-5-17(11-25-19)30-10-9-27-24(13-30)7-8-24/h5-6,11-12,14,27H,7-10,13H2,1-4H3,(H,25,26,28,29). The van der Waals surface area contributed by atoms with E-state index in [0.717, 1.165) is 25.3 Å². The summed E-state index contributed by atoms with van der Waals surface area (Å²) in [5, 5.41) is 7.46. The number of aromatic nitrogens is 4. The Labute approximate surface area is 192 Å². The van der Waals surface area contributed by atoms with Crippen molar-refractivity contribution >= 4 is 34.3 Å². The predicted octanol–water partition coefficient (Wildman–Crippen LogP) is 2.96. The third-order valence-corrected chi connectivity index (χ3v) is 6.66. The van der Waals surface area contributed by atoms with E-state index in [1.165, 1.54) is 19.8 Å². The van der Waals surface area contributed by atoms with Crippen LogP contribution in [0, 0.1) is 6.92 Å². The quantitative estimate of drug-likeness (QED) is 0.575. The number of piperazine rings is 1. The Hall–Kier alpha value is -3.33. The van der Waals surface area contributed by atoms with Gasteiger partial charge in [0.05, 0.1) is 17.4 Å². The number of fused-ring (bicyclic) bond motifs is 1. The molecule has 1 saturated heterocycles. The maximum absolute atomic E-state index is 13.0. The highest BCUT2D eigenvalue weighted by Crippen LogP contribution is 2.38. The number of pyridine rings is 2. The maximum atomic E-state index is 13.0. The number of ketones is 1. The van der Waals surface area contributed by atoms with E-state index >= 15 is 0 Å². The summed E-state index contributed by atoms with van der Waals surface area (Å²) in [6, 6.07) is 3.82. The fourth-order valence-corrected chi connectivity index (χ4v) is 4.71. The molecule has 0 bridgehead atoms. The largest absolute Gasteiger partial charge is 0.367 e. The van der Waals surface area contributed by atoms with Crippen molar-refractivity contribution in [3.63, 3.8) is 0 Å². The van der Waals surface area contributed by atoms with E-state index in [9.17, 15) is 9.59 Å². The Kier molecular flexibility index (Phi) is 5.16. The summed E-state index contributed by atoms with van der Waals surface area (Å²) >= 11 is 0. The minimum absolute atomic E-state index is 0.160. The molecule has 2 fully saturated rings. The summed E-state index contributed by atoms with van der Waals surface area (Å²) in [5.74, 6) is 0.730. The van der Waals surface area contributed by atoms with Gasteiger partial charge in [-0.2, -0.15) is 4.98 Å². The number of hydrogen-bond acceptors (Lipinski definition) is 8. The summed E-state index contributed by atoms with van der Waals surface area (Å²) in [5.41, 5.74) is 2.40. The molecule has 5 rings (SSSR count). The Morgan fingerprint density at radius 3 is 2.64 bits per heavy atom. The lowest BCUT2D eigenvalue weighted by Gasteiger charge is -2.35. The van der Waals surface area contributed by atoms with Crippen LogP contribution in [-0.2, 0) is 0 Å². The van der Waals surface area contributed by atoms with Gasteiger partial charge in [-0.3, -0.25) is 14.2 Å². The van der Waals surface area contributed by atoms with Crippen molar-refractivity contribution in [1.29, 1.82) is 0 Å². The smallest absolute Gasteiger partial charge is 0.263 e. The van der Waals surface area contributed by atoms with Crippen molar-refractivity contribution in [3.8, 4) is 0 Å². The first-order chi connectivity index (χ1) is 15.8. The molecule has 0 aromatic carbocycles. The van der Waals surface area contributed by atoms with Crippen LogP contribution in [0.1, 0.15) is 55.6 Å². The Morgan fingerprint density at radius 2 is 2.00 bits per heavy atom. The summed E-state index contributed by atoms with van der Waals surface area (Å²) in [6.07, 6.45) is 6.02. The van der Waals surface area contributed by atoms with Crippen LogP contribution in [0.5, 0.6) is 0 Å². The van der Waals surface area contributed by atoms with Gasteiger partial charge in [0, 0.05) is 42.8 Å². The van der Waals surface area contributed by atoms with Gasteiger partial charge in [-0.1, -0.05) is 0 Å². The van der Waals surface area contributed by atoms with Gasteiger partial charge in [0.1, 0.15) is 11.5 Å². The van der Waals surface area contributed by atoms with Gasteiger partial charge in [0.2, 0.25) is 5.95 Å². The fraction of sp³-hybridized carbons (Fsp3) is 0.458. The van der Waals surface area contributed by atoms with Crippen LogP contribution < -0.4 is 21.1 Å². The van der Waals surface area contributed by atoms with Crippen LogP contribution in [0.25, 0.3) is 11.0 Å². The topological polar surface area (TPSA) is 105 Å². The Bertz CT molecular complexity index is 1290. The number of nitrogens with one attached hydrogen (secondary N) is 2. The van der Waals surface area contributed by atoms with Crippen LogP contribution in [-0.4, -0.2) is 50.5 Å². The van der Waals surface area contributed by atoms with Gasteiger partial charge < -0.3 is 15.5 Å². The third-order valence-electron chi connectivity index (χ3n) is 6.66. The van der Waals surface area contributed by atoms with E-state index in [0.29, 0.717) is 33.9 Å². The van der Waals surface area contributed by atoms with Crippen molar-refractivity contribution < 1.29 is 4.79 Å². The molecule has 1 aliphatic heterocycles. The first kappa shape index (κ1) is 21.5. The number of anilines is 3. The van der Waals surface area contributed by atoms with Gasteiger partial charge in [-0.25, -0.2) is 9.97 Å². The lowest BCUT2D eigenvalue weighted by Crippen LogP contribution is -2.52. The summed E-state index contributed by atoms with van der Waals surface area (Å²) in [7, 11) is 0. The molecule has 2 aliphatic rings. The van der Waals surface area contributed by atoms with Crippen LogP contribution >= 0.6 is 0 Å². The van der Waals surface area contributed by atoms with Gasteiger partial charge >= 0.3 is 0 Å². The lowest BCUT2D eigenvalue weighted by atomic mass is 10.0. The molecule has 9 heteroatoms.